The SMILES string of the molecule is O=C(NCc1ccc(C2OC(CSc3nc(-c4ccccc4)c(-c4ccccc4)o3)CC(c3ccc(CO)cc3)O2)cc1)C(Cl)(Cl)Cl. The zero-order chi connectivity index (χ0) is 32.8. The first-order valence-corrected chi connectivity index (χ1v) is 17.1. The molecule has 2 heterocycles. The highest BCUT2D eigenvalue weighted by molar-refractivity contribution is 7.99. The Hall–Kier alpha value is -3.34. The summed E-state index contributed by atoms with van der Waals surface area (Å²) in [6.07, 6.45) is -0.483. The third-order valence-electron chi connectivity index (χ3n) is 7.66. The lowest BCUT2D eigenvalue weighted by Gasteiger charge is -2.36. The van der Waals surface area contributed by atoms with Crippen molar-refractivity contribution >= 4 is 52.5 Å². The molecule has 1 aliphatic rings. The number of amides is 1. The summed E-state index contributed by atoms with van der Waals surface area (Å²) >= 11 is 18.5. The Labute approximate surface area is 292 Å². The van der Waals surface area contributed by atoms with Crippen molar-refractivity contribution in [3.8, 4) is 22.6 Å². The molecule has 6 rings (SSSR count). The Balaban J connectivity index is 1.21. The number of ether oxygens (including phenoxy) is 2. The molecule has 1 aliphatic heterocycles. The molecule has 0 saturated carbocycles. The second-order valence-corrected chi connectivity index (χ2v) is 14.2. The third-order valence-corrected chi connectivity index (χ3v) is 9.14. The maximum atomic E-state index is 12.0. The summed E-state index contributed by atoms with van der Waals surface area (Å²) in [6, 6.07) is 35.3. The highest BCUT2D eigenvalue weighted by Crippen LogP contribution is 2.41. The molecule has 0 bridgehead atoms. The number of carbonyl (C=O) groups is 1. The fourth-order valence-electron chi connectivity index (χ4n) is 5.20. The van der Waals surface area contributed by atoms with Gasteiger partial charge in [-0.2, -0.15) is 0 Å². The topological polar surface area (TPSA) is 93.8 Å². The van der Waals surface area contributed by atoms with Crippen molar-refractivity contribution in [2.75, 3.05) is 5.75 Å². The third kappa shape index (κ3) is 8.58. The molecule has 0 spiro atoms. The summed E-state index contributed by atoms with van der Waals surface area (Å²) in [6.45, 7) is 0.169. The molecular formula is C36H31Cl3N2O5S. The van der Waals surface area contributed by atoms with Crippen LogP contribution in [0.3, 0.4) is 0 Å². The van der Waals surface area contributed by atoms with Crippen molar-refractivity contribution in [2.24, 2.45) is 0 Å². The molecule has 3 unspecified atom stereocenters. The molecule has 0 aliphatic carbocycles. The van der Waals surface area contributed by atoms with E-state index in [2.05, 4.69) is 5.32 Å². The summed E-state index contributed by atoms with van der Waals surface area (Å²) in [7, 11) is 0. The molecule has 3 atom stereocenters. The van der Waals surface area contributed by atoms with Crippen molar-refractivity contribution in [2.45, 2.75) is 47.1 Å². The fourth-order valence-corrected chi connectivity index (χ4v) is 6.24. The first-order chi connectivity index (χ1) is 22.8. The lowest BCUT2D eigenvalue weighted by molar-refractivity contribution is -0.245. The van der Waals surface area contributed by atoms with Crippen molar-refractivity contribution in [1.82, 2.24) is 10.3 Å². The number of benzene rings is 4. The van der Waals surface area contributed by atoms with E-state index in [0.717, 1.165) is 44.8 Å². The van der Waals surface area contributed by atoms with Gasteiger partial charge >= 0.3 is 0 Å². The maximum Gasteiger partial charge on any atom is 0.272 e. The molecule has 11 heteroatoms. The minimum absolute atomic E-state index is 0.0304. The van der Waals surface area contributed by atoms with Gasteiger partial charge in [0.05, 0.1) is 18.8 Å². The maximum absolute atomic E-state index is 12.0. The van der Waals surface area contributed by atoms with Gasteiger partial charge in [-0.05, 0) is 16.7 Å². The smallest absolute Gasteiger partial charge is 0.272 e. The van der Waals surface area contributed by atoms with E-state index in [1.165, 1.54) is 11.8 Å². The first-order valence-electron chi connectivity index (χ1n) is 15.0. The van der Waals surface area contributed by atoms with Crippen LogP contribution in [0.25, 0.3) is 22.6 Å². The van der Waals surface area contributed by atoms with Gasteiger partial charge < -0.3 is 24.3 Å². The van der Waals surface area contributed by atoms with Gasteiger partial charge in [0.15, 0.2) is 12.1 Å². The monoisotopic (exact) mass is 708 g/mol. The number of hydrogen-bond donors (Lipinski definition) is 2. The van der Waals surface area contributed by atoms with E-state index < -0.39 is 16.0 Å². The predicted octanol–water partition coefficient (Wildman–Crippen LogP) is 8.82. The summed E-state index contributed by atoms with van der Waals surface area (Å²) < 4.78 is 17.3. The minimum Gasteiger partial charge on any atom is -0.431 e. The number of aliphatic hydroxyl groups excluding tert-OH is 1. The van der Waals surface area contributed by atoms with E-state index in [-0.39, 0.29) is 25.4 Å². The van der Waals surface area contributed by atoms with Crippen molar-refractivity contribution in [1.29, 1.82) is 0 Å². The van der Waals surface area contributed by atoms with Crippen LogP contribution in [0, 0.1) is 0 Å². The number of alkyl halides is 3. The van der Waals surface area contributed by atoms with E-state index >= 15 is 0 Å². The molecule has 7 nitrogen and oxygen atoms in total. The molecule has 242 valence electrons. The van der Waals surface area contributed by atoms with Crippen LogP contribution in [0.15, 0.2) is 119 Å². The molecule has 1 fully saturated rings. The molecule has 1 saturated heterocycles. The zero-order valence-electron chi connectivity index (χ0n) is 25.0. The van der Waals surface area contributed by atoms with Gasteiger partial charge in [0.25, 0.3) is 14.9 Å². The number of nitrogens with one attached hydrogen (secondary N) is 1. The fraction of sp³-hybridized carbons (Fsp3) is 0.222. The van der Waals surface area contributed by atoms with Crippen LogP contribution in [0.4, 0.5) is 0 Å². The van der Waals surface area contributed by atoms with Gasteiger partial charge in [-0.3, -0.25) is 4.79 Å². The Morgan fingerprint density at radius 3 is 2.09 bits per heavy atom. The van der Waals surface area contributed by atoms with E-state index in [1.54, 1.807) is 0 Å². The van der Waals surface area contributed by atoms with Crippen molar-refractivity contribution < 1.29 is 23.8 Å². The van der Waals surface area contributed by atoms with Crippen molar-refractivity contribution in [3.63, 3.8) is 0 Å². The molecule has 47 heavy (non-hydrogen) atoms. The van der Waals surface area contributed by atoms with E-state index in [9.17, 15) is 9.90 Å². The number of halogens is 3. The molecule has 1 amide bonds. The quantitative estimate of drug-likeness (QED) is 0.111. The van der Waals surface area contributed by atoms with Gasteiger partial charge in [0, 0.05) is 35.4 Å². The molecule has 0 radical (unpaired) electrons. The molecule has 4 aromatic carbocycles. The Morgan fingerprint density at radius 2 is 1.45 bits per heavy atom. The zero-order valence-corrected chi connectivity index (χ0v) is 28.1. The highest BCUT2D eigenvalue weighted by Gasteiger charge is 2.33. The second-order valence-electron chi connectivity index (χ2n) is 11.0. The molecule has 5 aromatic rings. The minimum atomic E-state index is -2.03. The highest BCUT2D eigenvalue weighted by atomic mass is 35.6. The van der Waals surface area contributed by atoms with Crippen LogP contribution in [0.5, 0.6) is 0 Å². The number of oxazole rings is 1. The Morgan fingerprint density at radius 1 is 0.830 bits per heavy atom. The van der Waals surface area contributed by atoms with Crippen molar-refractivity contribution in [3.05, 3.63) is 131 Å². The average molecular weight is 710 g/mol. The molecule has 2 N–H and O–H groups in total. The van der Waals surface area contributed by atoms with E-state index in [0.29, 0.717) is 17.4 Å². The summed E-state index contributed by atoms with van der Waals surface area (Å²) in [5.41, 5.74) is 6.18. The second kappa shape index (κ2) is 15.3. The first kappa shape index (κ1) is 33.6. The normalized spacial score (nSPS) is 18.2. The van der Waals surface area contributed by atoms with Gasteiger partial charge in [-0.15, -0.1) is 0 Å². The summed E-state index contributed by atoms with van der Waals surface area (Å²) in [5, 5.41) is 12.7. The number of hydrogen-bond acceptors (Lipinski definition) is 7. The van der Waals surface area contributed by atoms with Crippen LogP contribution in [-0.2, 0) is 27.4 Å². The number of aromatic nitrogens is 1. The Bertz CT molecular complexity index is 1710. The molecular weight excluding hydrogens is 679 g/mol. The number of nitrogens with zero attached hydrogens (tertiary/aromatic N) is 1. The van der Waals surface area contributed by atoms with Gasteiger partial charge in [0.1, 0.15) is 5.69 Å². The molecule has 1 aromatic heterocycles. The predicted molar refractivity (Wildman–Crippen MR) is 185 cm³/mol. The van der Waals surface area contributed by atoms with E-state index in [1.807, 2.05) is 109 Å². The van der Waals surface area contributed by atoms with E-state index in [4.69, 9.17) is 53.7 Å². The number of rotatable bonds is 10. The van der Waals surface area contributed by atoms with Gasteiger partial charge in [0.2, 0.25) is 0 Å². The van der Waals surface area contributed by atoms with Gasteiger partial charge in [-0.1, -0.05) is 156 Å². The largest absolute Gasteiger partial charge is 0.431 e. The summed E-state index contributed by atoms with van der Waals surface area (Å²) in [4.78, 5) is 16.9. The van der Waals surface area contributed by atoms with Crippen LogP contribution >= 0.6 is 46.6 Å². The van der Waals surface area contributed by atoms with Gasteiger partial charge in [-0.25, -0.2) is 4.98 Å². The van der Waals surface area contributed by atoms with Crippen LogP contribution in [0.2, 0.25) is 0 Å². The standard InChI is InChI=1S/C36H31Cl3N2O5S/c37-36(38,39)34(43)40-20-23-11-17-28(18-12-23)33-44-29(19-30(45-33)25-15-13-24(21-42)14-16-25)22-47-35-41-31(26-7-3-1-4-8-26)32(46-35)27-9-5-2-6-10-27/h1-18,29-30,33,42H,19-22H2,(H,40,43). The Kier molecular flexibility index (Phi) is 10.9. The number of carbonyl (C=O) groups excluding carboxylic acids is 1. The van der Waals surface area contributed by atoms with Crippen LogP contribution in [-0.4, -0.2) is 31.6 Å². The lowest BCUT2D eigenvalue weighted by Crippen LogP contribution is -2.34. The average Bonchev–Trinajstić information content (AvgIpc) is 3.55. The lowest BCUT2D eigenvalue weighted by atomic mass is 10.0. The van der Waals surface area contributed by atoms with Crippen LogP contribution < -0.4 is 5.32 Å². The summed E-state index contributed by atoms with van der Waals surface area (Å²) in [5.74, 6) is 0.602. The number of thioether (sulfide) groups is 1. The van der Waals surface area contributed by atoms with Crippen LogP contribution in [0.1, 0.15) is 41.1 Å². The number of aliphatic hydroxyl groups is 1.